The number of carbonyl (C=O) groups is 7. The summed E-state index contributed by atoms with van der Waals surface area (Å²) in [5.74, 6) is -5.39. The Bertz CT molecular complexity index is 2430. The molecule has 3 fully saturated rings. The molecule has 3 aliphatic heterocycles. The number of hydrogen-bond acceptors (Lipinski definition) is 20. The lowest BCUT2D eigenvalue weighted by molar-refractivity contribution is -0.230. The summed E-state index contributed by atoms with van der Waals surface area (Å²) in [5, 5.41) is -1.93. The number of esters is 7. The molecular weight excluding hydrogens is 953 g/mol. The van der Waals surface area contributed by atoms with E-state index in [2.05, 4.69) is 0 Å². The molecule has 3 saturated heterocycles. The molecule has 4 aromatic rings. The average molecular weight is 1000 g/mol. The molecule has 0 unspecified atom stereocenters. The van der Waals surface area contributed by atoms with E-state index in [-0.39, 0.29) is 42.1 Å². The van der Waals surface area contributed by atoms with Crippen molar-refractivity contribution in [1.82, 2.24) is 0 Å². The number of ether oxygens (including phenoxy) is 11. The number of rotatable bonds is 16. The maximum absolute atomic E-state index is 14.2. The van der Waals surface area contributed by atoms with Crippen molar-refractivity contribution in [3.63, 3.8) is 0 Å². The zero-order chi connectivity index (χ0) is 49.7. The molecule has 0 radical (unpaired) electrons. The van der Waals surface area contributed by atoms with E-state index in [1.807, 2.05) is 0 Å². The van der Waals surface area contributed by atoms with Crippen LogP contribution in [0, 0.1) is 0 Å². The van der Waals surface area contributed by atoms with E-state index < -0.39 is 112 Å². The van der Waals surface area contributed by atoms with E-state index in [0.29, 0.717) is 0 Å². The van der Waals surface area contributed by atoms with Crippen LogP contribution in [-0.4, -0.2) is 139 Å². The van der Waals surface area contributed by atoms with Gasteiger partial charge in [0, 0.05) is 27.9 Å². The number of hydrogen-bond donors (Lipinski definition) is 0. The minimum absolute atomic E-state index is 0.145. The highest BCUT2D eigenvalue weighted by Crippen LogP contribution is 2.43. The van der Waals surface area contributed by atoms with Crippen molar-refractivity contribution in [2.24, 2.45) is 0 Å². The van der Waals surface area contributed by atoms with Crippen molar-refractivity contribution < 1.29 is 85.7 Å². The van der Waals surface area contributed by atoms with E-state index in [9.17, 15) is 33.6 Å². The van der Waals surface area contributed by atoms with E-state index in [0.717, 1.165) is 44.3 Å². The van der Waals surface area contributed by atoms with Gasteiger partial charge in [-0.25, -0.2) is 19.2 Å². The molecule has 20 heteroatoms. The maximum Gasteiger partial charge on any atom is 0.338 e. The van der Waals surface area contributed by atoms with Gasteiger partial charge in [0.05, 0.1) is 52.6 Å². The highest BCUT2D eigenvalue weighted by molar-refractivity contribution is 8.01. The van der Waals surface area contributed by atoms with Gasteiger partial charge >= 0.3 is 41.8 Å². The van der Waals surface area contributed by atoms with Crippen LogP contribution < -0.4 is 0 Å². The van der Waals surface area contributed by atoms with Crippen LogP contribution in [0.15, 0.2) is 121 Å². The van der Waals surface area contributed by atoms with Crippen LogP contribution in [0.5, 0.6) is 0 Å². The molecule has 3 aliphatic rings. The van der Waals surface area contributed by atoms with E-state index in [1.165, 1.54) is 31.4 Å². The zero-order valence-corrected chi connectivity index (χ0v) is 39.9. The Kier molecular flexibility index (Phi) is 18.1. The van der Waals surface area contributed by atoms with Gasteiger partial charge in [0.2, 0.25) is 0 Å². The SMILES string of the molecule is CO[C@H]1OC[C@@H](S[C@@H]2OC[C@@H](S[C@@H]3OC[C@@H](OC(C)=O)[C@H](OC(C)=O)[C@H]3OC(C)=O)[C@H](OC(=O)c3ccccc3)[C@H]2OC(=O)c2ccccc2)[C@H](OC(=O)c2ccccc2)[C@H]1OC(=O)c1ccccc1. The molecule has 0 aromatic heterocycles. The fraction of sp³-hybridized carbons (Fsp3) is 0.380. The fourth-order valence-corrected chi connectivity index (χ4v) is 10.6. The molecule has 0 N–H and O–H groups in total. The molecular formula is C50H50O18S2. The van der Waals surface area contributed by atoms with Gasteiger partial charge in [0.15, 0.2) is 49.0 Å². The lowest BCUT2D eigenvalue weighted by atomic mass is 10.1. The van der Waals surface area contributed by atoms with E-state index >= 15 is 0 Å². The van der Waals surface area contributed by atoms with Gasteiger partial charge in [0.25, 0.3) is 0 Å². The molecule has 0 amide bonds. The minimum Gasteiger partial charge on any atom is -0.456 e. The highest BCUT2D eigenvalue weighted by atomic mass is 32.2. The Labute approximate surface area is 411 Å². The topological polar surface area (TPSA) is 221 Å². The van der Waals surface area contributed by atoms with Crippen molar-refractivity contribution >= 4 is 65.3 Å². The molecule has 0 saturated carbocycles. The van der Waals surface area contributed by atoms with Crippen LogP contribution in [0.1, 0.15) is 62.2 Å². The zero-order valence-electron chi connectivity index (χ0n) is 38.3. The molecule has 12 atom stereocenters. The smallest absolute Gasteiger partial charge is 0.338 e. The summed E-state index contributed by atoms with van der Waals surface area (Å²) < 4.78 is 66.1. The molecule has 0 spiro atoms. The number of carbonyl (C=O) groups excluding carboxylic acids is 7. The summed E-state index contributed by atoms with van der Waals surface area (Å²) in [6.07, 6.45) is -10.6. The normalized spacial score (nSPS) is 27.4. The summed E-state index contributed by atoms with van der Waals surface area (Å²) >= 11 is 1.99. The van der Waals surface area contributed by atoms with Gasteiger partial charge in [-0.15, -0.1) is 23.5 Å². The third kappa shape index (κ3) is 13.3. The summed E-state index contributed by atoms with van der Waals surface area (Å²) in [4.78, 5) is 93.0. The van der Waals surface area contributed by atoms with Gasteiger partial charge in [-0.1, -0.05) is 72.8 Å². The van der Waals surface area contributed by atoms with Gasteiger partial charge in [-0.2, -0.15) is 0 Å². The predicted octanol–water partition coefficient (Wildman–Crippen LogP) is 5.60. The van der Waals surface area contributed by atoms with Gasteiger partial charge in [0.1, 0.15) is 10.9 Å². The second kappa shape index (κ2) is 24.5. The van der Waals surface area contributed by atoms with Crippen LogP contribution in [0.25, 0.3) is 0 Å². The van der Waals surface area contributed by atoms with Gasteiger partial charge in [-0.3, -0.25) is 14.4 Å². The Morgan fingerprint density at radius 2 is 0.729 bits per heavy atom. The second-order valence-corrected chi connectivity index (χ2v) is 18.6. The summed E-state index contributed by atoms with van der Waals surface area (Å²) in [5.41, 5.74) is -1.71. The minimum atomic E-state index is -1.47. The Morgan fingerprint density at radius 3 is 1.13 bits per heavy atom. The molecule has 70 heavy (non-hydrogen) atoms. The third-order valence-corrected chi connectivity index (χ3v) is 13.8. The third-order valence-electron chi connectivity index (χ3n) is 10.9. The van der Waals surface area contributed by atoms with Crippen molar-refractivity contribution in [3.8, 4) is 0 Å². The second-order valence-electron chi connectivity index (χ2n) is 15.9. The van der Waals surface area contributed by atoms with Crippen molar-refractivity contribution in [2.75, 3.05) is 26.9 Å². The summed E-state index contributed by atoms with van der Waals surface area (Å²) in [7, 11) is 1.34. The van der Waals surface area contributed by atoms with Crippen LogP contribution >= 0.6 is 23.5 Å². The monoisotopic (exact) mass is 1000 g/mol. The number of benzene rings is 4. The maximum atomic E-state index is 14.2. The van der Waals surface area contributed by atoms with Gasteiger partial charge in [-0.05, 0) is 48.5 Å². The van der Waals surface area contributed by atoms with Crippen LogP contribution in [0.3, 0.4) is 0 Å². The quantitative estimate of drug-likeness (QED) is 0.0984. The Balaban J connectivity index is 1.27. The lowest BCUT2D eigenvalue weighted by Gasteiger charge is -2.46. The van der Waals surface area contributed by atoms with Crippen LogP contribution in [0.2, 0.25) is 0 Å². The molecule has 0 aliphatic carbocycles. The first kappa shape index (κ1) is 51.6. The van der Waals surface area contributed by atoms with Crippen LogP contribution in [0.4, 0.5) is 0 Å². The van der Waals surface area contributed by atoms with E-state index in [1.54, 1.807) is 97.1 Å². The summed E-state index contributed by atoms with van der Waals surface area (Å²) in [6, 6.07) is 32.4. The molecule has 4 aromatic carbocycles. The molecule has 0 bridgehead atoms. The Morgan fingerprint density at radius 1 is 0.400 bits per heavy atom. The van der Waals surface area contributed by atoms with Crippen LogP contribution in [-0.2, 0) is 66.5 Å². The largest absolute Gasteiger partial charge is 0.456 e. The van der Waals surface area contributed by atoms with Gasteiger partial charge < -0.3 is 52.1 Å². The predicted molar refractivity (Wildman–Crippen MR) is 248 cm³/mol. The number of thioether (sulfide) groups is 2. The summed E-state index contributed by atoms with van der Waals surface area (Å²) in [6.45, 7) is 2.71. The molecule has 3 heterocycles. The average Bonchev–Trinajstić information content (AvgIpc) is 3.36. The molecule has 7 rings (SSSR count). The molecule has 370 valence electrons. The number of methoxy groups -OCH3 is 1. The van der Waals surface area contributed by atoms with Crippen molar-refractivity contribution in [2.45, 2.75) is 91.2 Å². The van der Waals surface area contributed by atoms with Crippen molar-refractivity contribution in [3.05, 3.63) is 144 Å². The first-order valence-corrected chi connectivity index (χ1v) is 23.9. The first-order chi connectivity index (χ1) is 33.8. The van der Waals surface area contributed by atoms with E-state index in [4.69, 9.17) is 52.1 Å². The standard InChI is InChI=1S/C50H50O18S2/c1-28(51)62-35-25-60-49(42(64-30(3)53)38(35)63-29(2)52)70-37-27-61-50(43(68-47(57)34-23-15-8-16-24-34)40(37)66-45(55)32-19-11-6-12-20-32)69-36-26-59-48(58-4)41(67-46(56)33-21-13-7-14-22-33)39(36)65-44(54)31-17-9-5-10-18-31/h5-24,35-43,48-50H,25-27H2,1-4H3/t35-,36-,37-,38+,39+,40+,41-,42-,43-,48+,49+,50+/m1/s1. The fourth-order valence-electron chi connectivity index (χ4n) is 7.81. The Hall–Kier alpha value is -6.29. The highest BCUT2D eigenvalue weighted by Gasteiger charge is 2.55. The molecule has 18 nitrogen and oxygen atoms in total. The van der Waals surface area contributed by atoms with Crippen molar-refractivity contribution in [1.29, 1.82) is 0 Å². The lowest BCUT2D eigenvalue weighted by Crippen LogP contribution is -2.60. The first-order valence-electron chi connectivity index (χ1n) is 22.0.